The number of esters is 1. The van der Waals surface area contributed by atoms with E-state index in [1.165, 1.54) is 24.0 Å². The Kier molecular flexibility index (Phi) is 4.32. The van der Waals surface area contributed by atoms with Crippen LogP contribution < -0.4 is 0 Å². The fourth-order valence-corrected chi connectivity index (χ4v) is 6.64. The molecule has 0 bridgehead atoms. The van der Waals surface area contributed by atoms with Crippen LogP contribution >= 0.6 is 0 Å². The van der Waals surface area contributed by atoms with Crippen LogP contribution in [-0.4, -0.2) is 17.2 Å². The lowest BCUT2D eigenvalue weighted by Gasteiger charge is -2.50. The molecule has 3 nitrogen and oxygen atoms in total. The summed E-state index contributed by atoms with van der Waals surface area (Å²) in [7, 11) is 0. The van der Waals surface area contributed by atoms with Crippen LogP contribution in [0.4, 0.5) is 0 Å². The number of carbonyl (C=O) groups excluding carboxylic acids is 1. The van der Waals surface area contributed by atoms with Gasteiger partial charge in [0.1, 0.15) is 11.9 Å². The van der Waals surface area contributed by atoms with Gasteiger partial charge in [-0.1, -0.05) is 26.8 Å². The van der Waals surface area contributed by atoms with Gasteiger partial charge < -0.3 is 9.84 Å². The lowest BCUT2D eigenvalue weighted by atomic mass is 9.55. The highest BCUT2D eigenvalue weighted by atomic mass is 16.5. The Hall–Kier alpha value is -1.51. The Morgan fingerprint density at radius 3 is 2.77 bits per heavy atom. The maximum absolute atomic E-state index is 11.8. The third-order valence-corrected chi connectivity index (χ3v) is 7.86. The number of rotatable bonds is 2. The fourth-order valence-electron chi connectivity index (χ4n) is 6.64. The third kappa shape index (κ3) is 2.66. The summed E-state index contributed by atoms with van der Waals surface area (Å²) in [5.74, 6) is 3.16. The van der Waals surface area contributed by atoms with Crippen LogP contribution in [0.2, 0.25) is 0 Å². The van der Waals surface area contributed by atoms with Gasteiger partial charge in [0, 0.05) is 12.3 Å². The van der Waals surface area contributed by atoms with E-state index in [0.29, 0.717) is 35.3 Å². The van der Waals surface area contributed by atoms with Crippen molar-refractivity contribution in [3.63, 3.8) is 0 Å². The Labute approximate surface area is 157 Å². The topological polar surface area (TPSA) is 46.5 Å². The van der Waals surface area contributed by atoms with E-state index in [9.17, 15) is 9.90 Å². The molecule has 1 N–H and O–H groups in total. The van der Waals surface area contributed by atoms with E-state index in [4.69, 9.17) is 4.74 Å². The van der Waals surface area contributed by atoms with Crippen molar-refractivity contribution in [2.45, 2.75) is 71.8 Å². The first-order chi connectivity index (χ1) is 12.3. The number of phenolic OH excluding ortho intramolecular Hbond substituents is 1. The van der Waals surface area contributed by atoms with Crippen LogP contribution in [0.15, 0.2) is 18.2 Å². The Bertz CT molecular complexity index is 709. The van der Waals surface area contributed by atoms with E-state index in [-0.39, 0.29) is 17.5 Å². The number of hydrogen-bond donors (Lipinski definition) is 1. The quantitative estimate of drug-likeness (QED) is 0.753. The largest absolute Gasteiger partial charge is 0.508 e. The molecule has 26 heavy (non-hydrogen) atoms. The molecule has 2 fully saturated rings. The molecule has 3 aliphatic rings. The highest BCUT2D eigenvalue weighted by Gasteiger charge is 2.60. The zero-order valence-corrected chi connectivity index (χ0v) is 16.5. The van der Waals surface area contributed by atoms with Crippen molar-refractivity contribution in [1.29, 1.82) is 0 Å². The van der Waals surface area contributed by atoms with Crippen LogP contribution in [0, 0.1) is 29.1 Å². The van der Waals surface area contributed by atoms with E-state index in [2.05, 4.69) is 26.8 Å². The minimum Gasteiger partial charge on any atom is -0.508 e. The lowest BCUT2D eigenvalue weighted by molar-refractivity contribution is -0.158. The molecule has 0 saturated heterocycles. The first kappa shape index (κ1) is 17.9. The van der Waals surface area contributed by atoms with Crippen molar-refractivity contribution < 1.29 is 14.6 Å². The predicted molar refractivity (Wildman–Crippen MR) is 102 cm³/mol. The molecule has 0 spiro atoms. The lowest BCUT2D eigenvalue weighted by Crippen LogP contribution is -2.46. The number of fused-ring (bicyclic) bond motifs is 5. The van der Waals surface area contributed by atoms with Crippen LogP contribution in [0.25, 0.3) is 0 Å². The van der Waals surface area contributed by atoms with Crippen LogP contribution in [0.1, 0.15) is 70.4 Å². The molecule has 0 radical (unpaired) electrons. The summed E-state index contributed by atoms with van der Waals surface area (Å²) in [6.45, 7) is 8.50. The van der Waals surface area contributed by atoms with Gasteiger partial charge in [-0.3, -0.25) is 4.79 Å². The molecule has 3 aliphatic carbocycles. The Morgan fingerprint density at radius 2 is 2.08 bits per heavy atom. The van der Waals surface area contributed by atoms with Gasteiger partial charge in [0.2, 0.25) is 0 Å². The number of hydrogen-bond acceptors (Lipinski definition) is 3. The van der Waals surface area contributed by atoms with Crippen molar-refractivity contribution in [3.8, 4) is 5.75 Å². The average Bonchev–Trinajstić information content (AvgIpc) is 2.87. The maximum atomic E-state index is 11.8. The SMILES string of the molecule is CC(=O)O[C@H]1[C@@H](C(C)C)C[C@H]2[C@@H]3CCc4cc(O)ccc4[C@H]3CC[C@@]21C. The number of carbonyl (C=O) groups is 1. The molecule has 2 saturated carbocycles. The molecule has 0 amide bonds. The number of benzene rings is 1. The van der Waals surface area contributed by atoms with Gasteiger partial charge in [0.25, 0.3) is 0 Å². The molecule has 142 valence electrons. The van der Waals surface area contributed by atoms with Gasteiger partial charge >= 0.3 is 5.97 Å². The number of ether oxygens (including phenoxy) is 1. The minimum absolute atomic E-state index is 0.0622. The molecule has 1 aromatic rings. The molecular formula is C23H32O3. The second-order valence-corrected chi connectivity index (χ2v) is 9.52. The molecule has 0 aromatic heterocycles. The summed E-state index contributed by atoms with van der Waals surface area (Å²) < 4.78 is 5.95. The maximum Gasteiger partial charge on any atom is 0.302 e. The highest BCUT2D eigenvalue weighted by molar-refractivity contribution is 5.66. The van der Waals surface area contributed by atoms with Crippen molar-refractivity contribution in [2.75, 3.05) is 0 Å². The van der Waals surface area contributed by atoms with E-state index in [0.717, 1.165) is 19.3 Å². The summed E-state index contributed by atoms with van der Waals surface area (Å²) >= 11 is 0. The minimum atomic E-state index is -0.130. The smallest absolute Gasteiger partial charge is 0.302 e. The molecule has 3 heteroatoms. The normalized spacial score (nSPS) is 38.4. The van der Waals surface area contributed by atoms with Crippen molar-refractivity contribution in [1.82, 2.24) is 0 Å². The zero-order valence-electron chi connectivity index (χ0n) is 16.5. The summed E-state index contributed by atoms with van der Waals surface area (Å²) in [6, 6.07) is 5.97. The molecule has 4 rings (SSSR count). The van der Waals surface area contributed by atoms with Crippen molar-refractivity contribution in [3.05, 3.63) is 29.3 Å². The molecule has 6 atom stereocenters. The van der Waals surface area contributed by atoms with Gasteiger partial charge in [0.15, 0.2) is 0 Å². The Morgan fingerprint density at radius 1 is 1.31 bits per heavy atom. The van der Waals surface area contributed by atoms with Crippen LogP contribution in [0.3, 0.4) is 0 Å². The Balaban J connectivity index is 1.68. The van der Waals surface area contributed by atoms with Crippen molar-refractivity contribution >= 4 is 5.97 Å². The second kappa shape index (κ2) is 6.28. The number of aryl methyl sites for hydroxylation is 1. The highest BCUT2D eigenvalue weighted by Crippen LogP contribution is 2.63. The van der Waals surface area contributed by atoms with Gasteiger partial charge in [-0.2, -0.15) is 0 Å². The molecule has 0 heterocycles. The van der Waals surface area contributed by atoms with Crippen LogP contribution in [0.5, 0.6) is 5.75 Å². The van der Waals surface area contributed by atoms with E-state index < -0.39 is 0 Å². The fraction of sp³-hybridized carbons (Fsp3) is 0.696. The van der Waals surface area contributed by atoms with E-state index in [1.54, 1.807) is 6.92 Å². The number of aromatic hydroxyl groups is 1. The van der Waals surface area contributed by atoms with Gasteiger partial charge in [-0.15, -0.1) is 0 Å². The standard InChI is InChI=1S/C23H32O3/c1-13(2)20-12-21-19-7-5-15-11-16(25)6-8-17(15)18(19)9-10-23(21,4)22(20)26-14(3)24/h6,8,11,13,18-22,25H,5,7,9-10,12H2,1-4H3/t18-,19-,20-,21+,22+,23+/m1/s1. The predicted octanol–water partition coefficient (Wildman–Crippen LogP) is 5.06. The third-order valence-electron chi connectivity index (χ3n) is 7.86. The van der Waals surface area contributed by atoms with Gasteiger partial charge in [-0.05, 0) is 85.0 Å². The van der Waals surface area contributed by atoms with Gasteiger partial charge in [-0.25, -0.2) is 0 Å². The summed E-state index contributed by atoms with van der Waals surface area (Å²) in [5.41, 5.74) is 2.90. The number of phenols is 1. The summed E-state index contributed by atoms with van der Waals surface area (Å²) in [4.78, 5) is 11.8. The first-order valence-electron chi connectivity index (χ1n) is 10.3. The monoisotopic (exact) mass is 356 g/mol. The molecule has 1 aromatic carbocycles. The van der Waals surface area contributed by atoms with E-state index >= 15 is 0 Å². The van der Waals surface area contributed by atoms with Crippen molar-refractivity contribution in [2.24, 2.45) is 29.1 Å². The van der Waals surface area contributed by atoms with Crippen LogP contribution in [-0.2, 0) is 16.0 Å². The van der Waals surface area contributed by atoms with E-state index in [1.807, 2.05) is 12.1 Å². The summed E-state index contributed by atoms with van der Waals surface area (Å²) in [6.07, 6.45) is 5.78. The molecular weight excluding hydrogens is 324 g/mol. The first-order valence-corrected chi connectivity index (χ1v) is 10.3. The zero-order chi connectivity index (χ0) is 18.6. The summed E-state index contributed by atoms with van der Waals surface area (Å²) in [5, 5.41) is 9.84. The average molecular weight is 357 g/mol. The molecule has 0 aliphatic heterocycles. The van der Waals surface area contributed by atoms with Gasteiger partial charge in [0.05, 0.1) is 0 Å². The molecule has 0 unspecified atom stereocenters. The second-order valence-electron chi connectivity index (χ2n) is 9.52.